The fraction of sp³-hybridized carbons (Fsp3) is 0.259. The highest BCUT2D eigenvalue weighted by Gasteiger charge is 2.17. The van der Waals surface area contributed by atoms with Gasteiger partial charge in [0.25, 0.3) is 0 Å². The number of unbranched alkanes of at least 4 members (excludes halogenated alkanes) is 1. The molecular weight excluding hydrogens is 442 g/mol. The maximum Gasteiger partial charge on any atom is 0.234 e. The first-order chi connectivity index (χ1) is 16.7. The maximum absolute atomic E-state index is 12.7. The molecule has 4 rings (SSSR count). The number of hydrogen-bond acceptors (Lipinski definition) is 5. The highest BCUT2D eigenvalue weighted by Crippen LogP contribution is 2.28. The number of thioether (sulfide) groups is 1. The normalized spacial score (nSPS) is 10.9. The second kappa shape index (κ2) is 11.6. The van der Waals surface area contributed by atoms with E-state index in [4.69, 9.17) is 0 Å². The van der Waals surface area contributed by atoms with Gasteiger partial charge in [0.1, 0.15) is 0 Å². The minimum Gasteiger partial charge on any atom is -0.325 e. The SMILES string of the molecule is CCCCc1ccc(NC(=O)CSc2nnc(-c3ccncc3)n2-c2ccc(CC)cc2)cc1. The zero-order chi connectivity index (χ0) is 23.8. The molecule has 0 spiro atoms. The molecule has 0 unspecified atom stereocenters. The molecule has 2 heterocycles. The molecule has 0 saturated carbocycles. The van der Waals surface area contributed by atoms with Crippen LogP contribution in [0.25, 0.3) is 17.1 Å². The minimum atomic E-state index is -0.0762. The van der Waals surface area contributed by atoms with Crippen LogP contribution < -0.4 is 5.32 Å². The van der Waals surface area contributed by atoms with Crippen molar-refractivity contribution in [2.45, 2.75) is 44.7 Å². The fourth-order valence-corrected chi connectivity index (χ4v) is 4.38. The van der Waals surface area contributed by atoms with Crippen LogP contribution in [0.5, 0.6) is 0 Å². The molecule has 0 atom stereocenters. The summed E-state index contributed by atoms with van der Waals surface area (Å²) in [6.45, 7) is 4.32. The summed E-state index contributed by atoms with van der Waals surface area (Å²) in [5.74, 6) is 0.879. The highest BCUT2D eigenvalue weighted by molar-refractivity contribution is 7.99. The van der Waals surface area contributed by atoms with Crippen molar-refractivity contribution in [3.8, 4) is 17.1 Å². The largest absolute Gasteiger partial charge is 0.325 e. The predicted octanol–water partition coefficient (Wildman–Crippen LogP) is 5.97. The molecule has 34 heavy (non-hydrogen) atoms. The van der Waals surface area contributed by atoms with Crippen LogP contribution >= 0.6 is 11.8 Å². The van der Waals surface area contributed by atoms with Crippen molar-refractivity contribution in [2.24, 2.45) is 0 Å². The van der Waals surface area contributed by atoms with E-state index in [0.717, 1.165) is 35.6 Å². The summed E-state index contributed by atoms with van der Waals surface area (Å²) in [6.07, 6.45) is 7.86. The molecule has 0 saturated heterocycles. The number of aryl methyl sites for hydroxylation is 2. The van der Waals surface area contributed by atoms with Crippen molar-refractivity contribution in [3.63, 3.8) is 0 Å². The number of hydrogen-bond donors (Lipinski definition) is 1. The first kappa shape index (κ1) is 23.7. The van der Waals surface area contributed by atoms with Crippen LogP contribution in [0.4, 0.5) is 5.69 Å². The monoisotopic (exact) mass is 471 g/mol. The van der Waals surface area contributed by atoms with Crippen molar-refractivity contribution in [3.05, 3.63) is 84.2 Å². The molecule has 1 amide bonds. The molecule has 2 aromatic heterocycles. The average molecular weight is 472 g/mol. The molecule has 1 N–H and O–H groups in total. The summed E-state index contributed by atoms with van der Waals surface area (Å²) in [5, 5.41) is 12.5. The van der Waals surface area contributed by atoms with Crippen LogP contribution in [0.2, 0.25) is 0 Å². The second-order valence-corrected chi connectivity index (χ2v) is 8.98. The zero-order valence-corrected chi connectivity index (χ0v) is 20.4. The molecular formula is C27H29N5OS. The topological polar surface area (TPSA) is 72.7 Å². The van der Waals surface area contributed by atoms with E-state index in [9.17, 15) is 4.79 Å². The Morgan fingerprint density at radius 3 is 2.29 bits per heavy atom. The lowest BCUT2D eigenvalue weighted by molar-refractivity contribution is -0.113. The van der Waals surface area contributed by atoms with Gasteiger partial charge in [-0.05, 0) is 66.8 Å². The number of aromatic nitrogens is 4. The van der Waals surface area contributed by atoms with Crippen molar-refractivity contribution in [1.82, 2.24) is 19.7 Å². The van der Waals surface area contributed by atoms with Gasteiger partial charge in [-0.1, -0.05) is 56.3 Å². The third-order valence-electron chi connectivity index (χ3n) is 5.56. The minimum absolute atomic E-state index is 0.0762. The second-order valence-electron chi connectivity index (χ2n) is 8.03. The molecule has 2 aromatic carbocycles. The summed E-state index contributed by atoms with van der Waals surface area (Å²) in [6, 6.07) is 20.3. The van der Waals surface area contributed by atoms with E-state index < -0.39 is 0 Å². The predicted molar refractivity (Wildman–Crippen MR) is 138 cm³/mol. The van der Waals surface area contributed by atoms with Gasteiger partial charge in [-0.25, -0.2) is 0 Å². The molecule has 7 heteroatoms. The third kappa shape index (κ3) is 5.91. The van der Waals surface area contributed by atoms with Gasteiger partial charge in [0.2, 0.25) is 5.91 Å². The van der Waals surface area contributed by atoms with E-state index in [0.29, 0.717) is 5.16 Å². The standard InChI is InChI=1S/C27H29N5OS/c1-3-5-6-21-7-11-23(12-8-21)29-25(33)19-34-27-31-30-26(22-15-17-28-18-16-22)32(27)24-13-9-20(4-2)10-14-24/h7-18H,3-6,19H2,1-2H3,(H,29,33). The van der Waals surface area contributed by atoms with E-state index in [2.05, 4.69) is 70.7 Å². The molecule has 0 aliphatic rings. The van der Waals surface area contributed by atoms with Gasteiger partial charge in [0.15, 0.2) is 11.0 Å². The van der Waals surface area contributed by atoms with E-state index in [1.54, 1.807) is 12.4 Å². The smallest absolute Gasteiger partial charge is 0.234 e. The van der Waals surface area contributed by atoms with Gasteiger partial charge in [-0.2, -0.15) is 0 Å². The Morgan fingerprint density at radius 2 is 1.62 bits per heavy atom. The molecule has 174 valence electrons. The van der Waals surface area contributed by atoms with Gasteiger partial charge in [-0.15, -0.1) is 10.2 Å². The molecule has 4 aromatic rings. The number of amides is 1. The van der Waals surface area contributed by atoms with E-state index in [1.807, 2.05) is 28.8 Å². The van der Waals surface area contributed by atoms with E-state index in [1.165, 1.54) is 35.7 Å². The quantitative estimate of drug-likeness (QED) is 0.289. The number of carbonyl (C=O) groups is 1. The van der Waals surface area contributed by atoms with Gasteiger partial charge in [0.05, 0.1) is 5.75 Å². The van der Waals surface area contributed by atoms with Crippen molar-refractivity contribution < 1.29 is 4.79 Å². The van der Waals surface area contributed by atoms with E-state index >= 15 is 0 Å². The first-order valence-corrected chi connectivity index (χ1v) is 12.6. The molecule has 0 aliphatic carbocycles. The number of pyridine rings is 1. The van der Waals surface area contributed by atoms with Crippen LogP contribution in [-0.4, -0.2) is 31.4 Å². The Kier molecular flexibility index (Phi) is 8.09. The Morgan fingerprint density at radius 1 is 0.912 bits per heavy atom. The lowest BCUT2D eigenvalue weighted by Gasteiger charge is -2.11. The number of anilines is 1. The first-order valence-electron chi connectivity index (χ1n) is 11.6. The fourth-order valence-electron chi connectivity index (χ4n) is 3.63. The number of nitrogens with one attached hydrogen (secondary N) is 1. The Hall–Kier alpha value is -3.45. The van der Waals surface area contributed by atoms with Crippen LogP contribution in [0.3, 0.4) is 0 Å². The highest BCUT2D eigenvalue weighted by atomic mass is 32.2. The molecule has 0 fully saturated rings. The number of rotatable bonds is 10. The summed E-state index contributed by atoms with van der Waals surface area (Å²) in [7, 11) is 0. The summed E-state index contributed by atoms with van der Waals surface area (Å²) < 4.78 is 2.00. The van der Waals surface area contributed by atoms with Crippen molar-refractivity contribution >= 4 is 23.4 Å². The van der Waals surface area contributed by atoms with Crippen LogP contribution in [0, 0.1) is 0 Å². The zero-order valence-electron chi connectivity index (χ0n) is 19.6. The third-order valence-corrected chi connectivity index (χ3v) is 6.49. The lowest BCUT2D eigenvalue weighted by atomic mass is 10.1. The van der Waals surface area contributed by atoms with Gasteiger partial charge in [0, 0.05) is 29.3 Å². The van der Waals surface area contributed by atoms with Crippen LogP contribution in [0.15, 0.2) is 78.2 Å². The number of benzene rings is 2. The number of nitrogens with zero attached hydrogens (tertiary/aromatic N) is 4. The average Bonchev–Trinajstić information content (AvgIpc) is 3.31. The summed E-state index contributed by atoms with van der Waals surface area (Å²) in [5.41, 5.74) is 5.23. The van der Waals surface area contributed by atoms with E-state index in [-0.39, 0.29) is 11.7 Å². The van der Waals surface area contributed by atoms with Crippen molar-refractivity contribution in [1.29, 1.82) is 0 Å². The lowest BCUT2D eigenvalue weighted by Crippen LogP contribution is -2.14. The maximum atomic E-state index is 12.7. The Bertz CT molecular complexity index is 1200. The molecule has 0 bridgehead atoms. The van der Waals surface area contributed by atoms with Gasteiger partial charge in [-0.3, -0.25) is 14.3 Å². The Labute approximate surface area is 204 Å². The molecule has 0 aliphatic heterocycles. The summed E-state index contributed by atoms with van der Waals surface area (Å²) >= 11 is 1.37. The van der Waals surface area contributed by atoms with Gasteiger partial charge < -0.3 is 5.32 Å². The Balaban J connectivity index is 1.50. The van der Waals surface area contributed by atoms with Gasteiger partial charge >= 0.3 is 0 Å². The van der Waals surface area contributed by atoms with Crippen LogP contribution in [-0.2, 0) is 17.6 Å². The number of carbonyl (C=O) groups excluding carboxylic acids is 1. The van der Waals surface area contributed by atoms with Crippen LogP contribution in [0.1, 0.15) is 37.8 Å². The molecule has 6 nitrogen and oxygen atoms in total. The molecule has 0 radical (unpaired) electrons. The van der Waals surface area contributed by atoms with Crippen molar-refractivity contribution in [2.75, 3.05) is 11.1 Å². The summed E-state index contributed by atoms with van der Waals surface area (Å²) in [4.78, 5) is 16.8.